The van der Waals surface area contributed by atoms with Crippen molar-refractivity contribution in [2.75, 3.05) is 31.1 Å². The molecule has 2 heterocycles. The molecule has 0 N–H and O–H groups in total. The molecule has 0 amide bonds. The number of aromatic nitrogens is 2. The summed E-state index contributed by atoms with van der Waals surface area (Å²) in [6, 6.07) is 10.0. The van der Waals surface area contributed by atoms with E-state index in [4.69, 9.17) is 0 Å². The number of aryl methyl sites for hydroxylation is 2. The van der Waals surface area contributed by atoms with Crippen LogP contribution >= 0.6 is 0 Å². The fraction of sp³-hybridized carbons (Fsp3) is 0.333. The summed E-state index contributed by atoms with van der Waals surface area (Å²) in [5.74, 6) is 0.859. The summed E-state index contributed by atoms with van der Waals surface area (Å²) >= 11 is 0. The third kappa shape index (κ3) is 5.46. The summed E-state index contributed by atoms with van der Waals surface area (Å²) < 4.78 is 80.2. The van der Waals surface area contributed by atoms with Crippen LogP contribution in [-0.2, 0) is 22.6 Å². The molecule has 35 heavy (non-hydrogen) atoms. The number of hydrogen-bond acceptors (Lipinski definition) is 5. The quantitative estimate of drug-likeness (QED) is 0.480. The Morgan fingerprint density at radius 3 is 2.29 bits per heavy atom. The lowest BCUT2D eigenvalue weighted by molar-refractivity contribution is -0.137. The van der Waals surface area contributed by atoms with E-state index >= 15 is 0 Å². The lowest BCUT2D eigenvalue weighted by Crippen LogP contribution is -2.49. The predicted octanol–water partition coefficient (Wildman–Crippen LogP) is 4.35. The first-order valence-corrected chi connectivity index (χ1v) is 12.4. The van der Waals surface area contributed by atoms with E-state index in [1.165, 1.54) is 22.5 Å². The molecule has 0 spiro atoms. The van der Waals surface area contributed by atoms with Crippen LogP contribution in [0.25, 0.3) is 0 Å². The molecule has 2 aromatic carbocycles. The standard InChI is InChI=1S/C24H24F4N4O2S/c1-16-22(14-18-5-3-7-20(25)13-18)23(30-17(2)29-16)31-9-11-32(12-10-31)35(33,34)21-8-4-6-19(15-21)24(26,27)28/h3-8,13,15H,9-12,14H2,1-2H3. The molecule has 0 bridgehead atoms. The highest BCUT2D eigenvalue weighted by atomic mass is 32.2. The molecule has 6 nitrogen and oxygen atoms in total. The Kier molecular flexibility index (Phi) is 6.83. The number of alkyl halides is 3. The molecule has 0 radical (unpaired) electrons. The van der Waals surface area contributed by atoms with Gasteiger partial charge in [-0.25, -0.2) is 22.8 Å². The van der Waals surface area contributed by atoms with Crippen molar-refractivity contribution >= 4 is 15.8 Å². The maximum Gasteiger partial charge on any atom is 0.416 e. The number of hydrogen-bond donors (Lipinski definition) is 0. The number of piperazine rings is 1. The fourth-order valence-corrected chi connectivity index (χ4v) is 5.63. The third-order valence-electron chi connectivity index (χ3n) is 5.91. The van der Waals surface area contributed by atoms with Crippen molar-refractivity contribution in [1.29, 1.82) is 0 Å². The second kappa shape index (κ2) is 9.54. The molecule has 0 saturated carbocycles. The van der Waals surface area contributed by atoms with Crippen LogP contribution in [0.1, 0.15) is 28.2 Å². The summed E-state index contributed by atoms with van der Waals surface area (Å²) in [5, 5.41) is 0. The maximum absolute atomic E-state index is 13.7. The van der Waals surface area contributed by atoms with E-state index in [1.807, 2.05) is 17.9 Å². The number of nitrogens with zero attached hydrogens (tertiary/aromatic N) is 4. The molecule has 0 unspecified atom stereocenters. The van der Waals surface area contributed by atoms with Gasteiger partial charge in [0.05, 0.1) is 10.5 Å². The SMILES string of the molecule is Cc1nc(C)c(Cc2cccc(F)c2)c(N2CCN(S(=O)(=O)c3cccc(C(F)(F)F)c3)CC2)n1. The normalized spacial score (nSPS) is 15.4. The van der Waals surface area contributed by atoms with Gasteiger partial charge in [-0.2, -0.15) is 17.5 Å². The summed E-state index contributed by atoms with van der Waals surface area (Å²) in [4.78, 5) is 10.6. The van der Waals surface area contributed by atoms with Crippen molar-refractivity contribution in [2.24, 2.45) is 0 Å². The minimum atomic E-state index is -4.63. The molecule has 4 rings (SSSR count). The second-order valence-electron chi connectivity index (χ2n) is 8.38. The molecule has 186 valence electrons. The van der Waals surface area contributed by atoms with E-state index in [0.29, 0.717) is 37.2 Å². The first kappa shape index (κ1) is 25.1. The Morgan fingerprint density at radius 1 is 0.943 bits per heavy atom. The molecule has 1 aliphatic heterocycles. The van der Waals surface area contributed by atoms with Crippen molar-refractivity contribution < 1.29 is 26.0 Å². The number of sulfonamides is 1. The lowest BCUT2D eigenvalue weighted by atomic mass is 10.0. The predicted molar refractivity (Wildman–Crippen MR) is 123 cm³/mol. The number of anilines is 1. The average molecular weight is 509 g/mol. The van der Waals surface area contributed by atoms with Gasteiger partial charge in [0, 0.05) is 43.9 Å². The number of benzene rings is 2. The van der Waals surface area contributed by atoms with Crippen LogP contribution in [-0.4, -0.2) is 48.9 Å². The Labute approximate surface area is 201 Å². The fourth-order valence-electron chi connectivity index (χ4n) is 4.16. The van der Waals surface area contributed by atoms with Crippen molar-refractivity contribution in [3.63, 3.8) is 0 Å². The van der Waals surface area contributed by atoms with Gasteiger partial charge in [0.25, 0.3) is 0 Å². The highest BCUT2D eigenvalue weighted by Gasteiger charge is 2.34. The second-order valence-corrected chi connectivity index (χ2v) is 10.3. The van der Waals surface area contributed by atoms with Gasteiger partial charge in [-0.1, -0.05) is 18.2 Å². The highest BCUT2D eigenvalue weighted by Crippen LogP contribution is 2.32. The van der Waals surface area contributed by atoms with E-state index in [0.717, 1.165) is 29.0 Å². The molecule has 0 aliphatic carbocycles. The Bertz CT molecular complexity index is 1340. The topological polar surface area (TPSA) is 66.4 Å². The van der Waals surface area contributed by atoms with Gasteiger partial charge in [0.2, 0.25) is 10.0 Å². The van der Waals surface area contributed by atoms with E-state index in [1.54, 1.807) is 13.0 Å². The van der Waals surface area contributed by atoms with Crippen LogP contribution in [0.4, 0.5) is 23.4 Å². The molecule has 1 saturated heterocycles. The van der Waals surface area contributed by atoms with Crippen LogP contribution < -0.4 is 4.90 Å². The maximum atomic E-state index is 13.7. The summed E-state index contributed by atoms with van der Waals surface area (Å²) in [7, 11) is -4.10. The molecular formula is C24H24F4N4O2S. The van der Waals surface area contributed by atoms with Gasteiger partial charge in [0.1, 0.15) is 17.5 Å². The van der Waals surface area contributed by atoms with Crippen molar-refractivity contribution in [1.82, 2.24) is 14.3 Å². The summed E-state index contributed by atoms with van der Waals surface area (Å²) in [6.07, 6.45) is -4.23. The molecule has 3 aromatic rings. The zero-order valence-electron chi connectivity index (χ0n) is 19.2. The number of halogens is 4. The van der Waals surface area contributed by atoms with E-state index < -0.39 is 21.8 Å². The lowest BCUT2D eigenvalue weighted by Gasteiger charge is -2.36. The van der Waals surface area contributed by atoms with Gasteiger partial charge in [-0.3, -0.25) is 0 Å². The summed E-state index contributed by atoms with van der Waals surface area (Å²) in [6.45, 7) is 4.37. The van der Waals surface area contributed by atoms with Crippen LogP contribution in [0.2, 0.25) is 0 Å². The van der Waals surface area contributed by atoms with Gasteiger partial charge in [-0.15, -0.1) is 0 Å². The Balaban J connectivity index is 1.56. The number of rotatable bonds is 5. The molecule has 1 aliphatic rings. The van der Waals surface area contributed by atoms with Crippen molar-refractivity contribution in [3.8, 4) is 0 Å². The first-order chi connectivity index (χ1) is 16.4. The molecule has 11 heteroatoms. The van der Waals surface area contributed by atoms with E-state index in [2.05, 4.69) is 9.97 Å². The molecule has 1 aromatic heterocycles. The van der Waals surface area contributed by atoms with E-state index in [-0.39, 0.29) is 23.8 Å². The van der Waals surface area contributed by atoms with Gasteiger partial charge in [-0.05, 0) is 49.7 Å². The molecule has 0 atom stereocenters. The molecular weight excluding hydrogens is 484 g/mol. The third-order valence-corrected chi connectivity index (χ3v) is 7.81. The Hall–Kier alpha value is -3.05. The van der Waals surface area contributed by atoms with Gasteiger partial charge < -0.3 is 4.90 Å². The van der Waals surface area contributed by atoms with Crippen molar-refractivity contribution in [3.05, 3.63) is 82.6 Å². The van der Waals surface area contributed by atoms with E-state index in [9.17, 15) is 26.0 Å². The smallest absolute Gasteiger partial charge is 0.354 e. The zero-order chi connectivity index (χ0) is 25.4. The van der Waals surface area contributed by atoms with Crippen LogP contribution in [0, 0.1) is 19.7 Å². The zero-order valence-corrected chi connectivity index (χ0v) is 20.0. The largest absolute Gasteiger partial charge is 0.416 e. The molecule has 1 fully saturated rings. The van der Waals surface area contributed by atoms with Crippen molar-refractivity contribution in [2.45, 2.75) is 31.3 Å². The van der Waals surface area contributed by atoms with Gasteiger partial charge >= 0.3 is 6.18 Å². The average Bonchev–Trinajstić information content (AvgIpc) is 2.80. The minimum Gasteiger partial charge on any atom is -0.354 e. The first-order valence-electron chi connectivity index (χ1n) is 11.0. The Morgan fingerprint density at radius 2 is 1.63 bits per heavy atom. The van der Waals surface area contributed by atoms with Crippen LogP contribution in [0.3, 0.4) is 0 Å². The highest BCUT2D eigenvalue weighted by molar-refractivity contribution is 7.89. The van der Waals surface area contributed by atoms with Crippen LogP contribution in [0.5, 0.6) is 0 Å². The van der Waals surface area contributed by atoms with Gasteiger partial charge in [0.15, 0.2) is 0 Å². The van der Waals surface area contributed by atoms with Crippen LogP contribution in [0.15, 0.2) is 53.4 Å². The monoisotopic (exact) mass is 508 g/mol. The summed E-state index contributed by atoms with van der Waals surface area (Å²) in [5.41, 5.74) is 1.31. The minimum absolute atomic E-state index is 0.0834.